The lowest BCUT2D eigenvalue weighted by Crippen LogP contribution is -1.58. The molecule has 2 nitrogen and oxygen atoms in total. The zero-order valence-electron chi connectivity index (χ0n) is 4.30. The lowest BCUT2D eigenvalue weighted by molar-refractivity contribution is 1.33. The van der Waals surface area contributed by atoms with Crippen LogP contribution in [0.1, 0.15) is 7.06 Å². The molecule has 0 amide bonds. The Labute approximate surface area is 41.6 Å². The first-order valence-corrected chi connectivity index (χ1v) is 2.29. The summed E-state index contributed by atoms with van der Waals surface area (Å²) in [6.07, 6.45) is 0.296. The van der Waals surface area contributed by atoms with Gasteiger partial charge in [0.25, 0.3) is 0 Å². The summed E-state index contributed by atoms with van der Waals surface area (Å²) in [5.41, 5.74) is 0.713. The second-order valence-corrected chi connectivity index (χ2v) is 1.49. The number of aryl methyl sites for hydroxylation is 1. The quantitative estimate of drug-likeness (QED) is 0.485. The molecule has 0 aliphatic heterocycles. The molecule has 3 heteroatoms. The van der Waals surface area contributed by atoms with Crippen LogP contribution in [0.25, 0.3) is 0 Å². The van der Waals surface area contributed by atoms with Crippen molar-refractivity contribution < 1.29 is 1.37 Å². The summed E-state index contributed by atoms with van der Waals surface area (Å²) in [4.78, 5) is 0. The summed E-state index contributed by atoms with van der Waals surface area (Å²) in [6, 6.07) is 0. The summed E-state index contributed by atoms with van der Waals surface area (Å²) >= 11 is 1.08. The molecule has 6 heavy (non-hydrogen) atoms. The van der Waals surface area contributed by atoms with E-state index >= 15 is 0 Å². The third kappa shape index (κ3) is 0.542. The lowest BCUT2D eigenvalue weighted by Gasteiger charge is -1.61. The Morgan fingerprint density at radius 2 is 3.00 bits per heavy atom. The highest BCUT2D eigenvalue weighted by atomic mass is 32.1. The Bertz CT molecular complexity index is 145. The standard InChI is InChI=1S/C3H4N2S/c1-3-2-4-6-5-3/h2H,1H3/i2T. The molecule has 1 aromatic rings. The highest BCUT2D eigenvalue weighted by Gasteiger charge is 1.78. The third-order valence-corrected chi connectivity index (χ3v) is 0.954. The summed E-state index contributed by atoms with van der Waals surface area (Å²) in [6.45, 7) is 1.77. The van der Waals surface area contributed by atoms with Gasteiger partial charge in [0.1, 0.15) is 0 Å². The second-order valence-electron chi connectivity index (χ2n) is 0.961. The van der Waals surface area contributed by atoms with Crippen LogP contribution in [0, 0.1) is 6.92 Å². The molecule has 1 heterocycles. The maximum absolute atomic E-state index is 6.94. The minimum absolute atomic E-state index is 0.296. The van der Waals surface area contributed by atoms with E-state index in [0.29, 0.717) is 11.9 Å². The number of hydrogen-bond acceptors (Lipinski definition) is 3. The van der Waals surface area contributed by atoms with Crippen LogP contribution < -0.4 is 0 Å². The van der Waals surface area contributed by atoms with Crippen LogP contribution in [0.3, 0.4) is 0 Å². The molecule has 0 aliphatic carbocycles. The molecule has 32 valence electrons. The monoisotopic (exact) mass is 102 g/mol. The van der Waals surface area contributed by atoms with Gasteiger partial charge >= 0.3 is 0 Å². The van der Waals surface area contributed by atoms with E-state index in [1.807, 2.05) is 0 Å². The van der Waals surface area contributed by atoms with Gasteiger partial charge in [-0.3, -0.25) is 0 Å². The maximum Gasteiger partial charge on any atom is 0.0872 e. The fraction of sp³-hybridized carbons (Fsp3) is 0.333. The van der Waals surface area contributed by atoms with Crippen LogP contribution in [-0.4, -0.2) is 8.75 Å². The van der Waals surface area contributed by atoms with E-state index in [-0.39, 0.29) is 0 Å². The predicted molar refractivity (Wildman–Crippen MR) is 24.6 cm³/mol. The second kappa shape index (κ2) is 1.34. The highest BCUT2D eigenvalue weighted by Crippen LogP contribution is 1.87. The summed E-state index contributed by atoms with van der Waals surface area (Å²) in [7, 11) is 0. The van der Waals surface area contributed by atoms with Crippen LogP contribution in [0.4, 0.5) is 0 Å². The Kier molecular flexibility index (Phi) is 0.601. The number of rotatable bonds is 0. The van der Waals surface area contributed by atoms with Gasteiger partial charge in [-0.05, 0) is 6.92 Å². The van der Waals surface area contributed by atoms with Crippen molar-refractivity contribution in [3.8, 4) is 0 Å². The van der Waals surface area contributed by atoms with Gasteiger partial charge in [0.2, 0.25) is 0 Å². The van der Waals surface area contributed by atoms with Crippen LogP contribution >= 0.6 is 11.7 Å². The van der Waals surface area contributed by atoms with Gasteiger partial charge in [-0.25, -0.2) is 0 Å². The molecule has 0 aromatic carbocycles. The summed E-state index contributed by atoms with van der Waals surface area (Å²) in [5.74, 6) is 0. The zero-order valence-corrected chi connectivity index (χ0v) is 4.12. The van der Waals surface area contributed by atoms with Gasteiger partial charge < -0.3 is 0 Å². The molecular formula is C3H4N2S. The van der Waals surface area contributed by atoms with Gasteiger partial charge in [-0.15, -0.1) is 0 Å². The van der Waals surface area contributed by atoms with E-state index in [9.17, 15) is 0 Å². The van der Waals surface area contributed by atoms with Gasteiger partial charge in [0.05, 0.1) is 25.0 Å². The first kappa shape index (κ1) is 2.69. The molecule has 0 fully saturated rings. The van der Waals surface area contributed by atoms with Crippen molar-refractivity contribution in [3.05, 3.63) is 11.9 Å². The predicted octanol–water partition coefficient (Wildman–Crippen LogP) is 0.847. The third-order valence-electron chi connectivity index (χ3n) is 0.426. The van der Waals surface area contributed by atoms with Crippen LogP contribution in [-0.2, 0) is 0 Å². The van der Waals surface area contributed by atoms with E-state index in [2.05, 4.69) is 8.75 Å². The largest absolute Gasteiger partial charge is 0.181 e. The molecule has 1 rings (SSSR count). The average molecular weight is 102 g/mol. The average Bonchev–Trinajstić information content (AvgIpc) is 1.91. The van der Waals surface area contributed by atoms with Crippen molar-refractivity contribution in [2.24, 2.45) is 0 Å². The molecule has 0 atom stereocenters. The number of nitrogens with zero attached hydrogens (tertiary/aromatic N) is 2. The van der Waals surface area contributed by atoms with Crippen LogP contribution in [0.15, 0.2) is 6.17 Å². The van der Waals surface area contributed by atoms with Gasteiger partial charge in [-0.1, -0.05) is 0 Å². The Balaban J connectivity index is 3.12. The minimum atomic E-state index is 0.296. The van der Waals surface area contributed by atoms with Gasteiger partial charge in [0.15, 0.2) is 0 Å². The van der Waals surface area contributed by atoms with E-state index in [0.717, 1.165) is 11.7 Å². The summed E-state index contributed by atoms with van der Waals surface area (Å²) in [5, 5.41) is 0. The van der Waals surface area contributed by atoms with Crippen molar-refractivity contribution in [1.82, 2.24) is 8.75 Å². The number of hydrogen-bond donors (Lipinski definition) is 0. The lowest BCUT2D eigenvalue weighted by atomic mass is 10.6. The van der Waals surface area contributed by atoms with Crippen LogP contribution in [0.2, 0.25) is 0 Å². The van der Waals surface area contributed by atoms with E-state index < -0.39 is 0 Å². The normalized spacial score (nSPS) is 11.2. The van der Waals surface area contributed by atoms with Crippen molar-refractivity contribution in [3.63, 3.8) is 0 Å². The zero-order chi connectivity index (χ0) is 5.28. The molecule has 0 N–H and O–H groups in total. The molecule has 0 bridgehead atoms. The first-order valence-electron chi connectivity index (χ1n) is 2.06. The molecule has 0 saturated heterocycles. The first-order chi connectivity index (χ1) is 3.30. The molecule has 0 radical (unpaired) electrons. The maximum atomic E-state index is 6.94. The molecule has 0 aliphatic rings. The Hall–Kier alpha value is -0.440. The SMILES string of the molecule is [3H]c1nsnc1C. The molecular weight excluding hydrogens is 96.1 g/mol. The Morgan fingerprint density at radius 1 is 2.17 bits per heavy atom. The minimum Gasteiger partial charge on any atom is -0.181 e. The molecule has 0 saturated carbocycles. The molecule has 0 spiro atoms. The fourth-order valence-corrected chi connectivity index (χ4v) is 0.566. The molecule has 0 unspecified atom stereocenters. The van der Waals surface area contributed by atoms with Crippen molar-refractivity contribution >= 4 is 11.7 Å². The van der Waals surface area contributed by atoms with Gasteiger partial charge in [-0.2, -0.15) is 8.75 Å². The Morgan fingerprint density at radius 3 is 3.17 bits per heavy atom. The fourth-order valence-electron chi connectivity index (χ4n) is 0.189. The topological polar surface area (TPSA) is 25.8 Å². The molecule has 1 aromatic heterocycles. The number of aromatic nitrogens is 2. The smallest absolute Gasteiger partial charge is 0.0872 e. The van der Waals surface area contributed by atoms with Crippen molar-refractivity contribution in [1.29, 1.82) is 0 Å². The van der Waals surface area contributed by atoms with E-state index in [4.69, 9.17) is 1.37 Å². The van der Waals surface area contributed by atoms with E-state index in [1.54, 1.807) is 6.92 Å². The summed E-state index contributed by atoms with van der Waals surface area (Å²) < 4.78 is 14.3. The van der Waals surface area contributed by atoms with Crippen molar-refractivity contribution in [2.45, 2.75) is 6.92 Å². The van der Waals surface area contributed by atoms with Crippen LogP contribution in [0.5, 0.6) is 0 Å². The van der Waals surface area contributed by atoms with Gasteiger partial charge in [0, 0.05) is 0 Å². The van der Waals surface area contributed by atoms with Crippen molar-refractivity contribution in [2.75, 3.05) is 0 Å². The van der Waals surface area contributed by atoms with E-state index in [1.165, 1.54) is 0 Å². The highest BCUT2D eigenvalue weighted by molar-refractivity contribution is 6.99.